The van der Waals surface area contributed by atoms with Crippen LogP contribution in [0, 0.1) is 13.8 Å². The van der Waals surface area contributed by atoms with E-state index in [1.165, 1.54) is 6.20 Å². The van der Waals surface area contributed by atoms with Crippen molar-refractivity contribution in [3.05, 3.63) is 101 Å². The van der Waals surface area contributed by atoms with Gasteiger partial charge in [0.05, 0.1) is 33.8 Å². The number of ether oxygens (including phenoxy) is 1. The molecule has 0 aliphatic heterocycles. The van der Waals surface area contributed by atoms with Crippen LogP contribution in [0.5, 0.6) is 11.5 Å². The molecule has 0 aliphatic carbocycles. The number of nitrogens with two attached hydrogens (primary N) is 1. The zero-order chi connectivity index (χ0) is 30.5. The van der Waals surface area contributed by atoms with E-state index in [1.54, 1.807) is 61.1 Å². The third kappa shape index (κ3) is 8.01. The van der Waals surface area contributed by atoms with Crippen LogP contribution in [0.2, 0.25) is 0 Å². The minimum absolute atomic E-state index is 0. The molecule has 4 aromatic rings. The SMILES string of the molecule is Cc1ccc(CS(=O)(=O)c2ccc3nccc(Oc4ccc(CC(=O)N/C(C=NC(C)(C)C)=C/N)cc4C)c3c2)cn1.[HH]. The molecule has 0 aliphatic rings. The second-order valence-electron chi connectivity index (χ2n) is 11.0. The number of nitrogens with zero attached hydrogens (tertiary/aromatic N) is 3. The van der Waals surface area contributed by atoms with Gasteiger partial charge in [-0.05, 0) is 87.7 Å². The van der Waals surface area contributed by atoms with Gasteiger partial charge in [-0.15, -0.1) is 0 Å². The monoisotopic (exact) mass is 587 g/mol. The molecule has 0 radical (unpaired) electrons. The average molecular weight is 588 g/mol. The van der Waals surface area contributed by atoms with Crippen LogP contribution in [-0.2, 0) is 26.8 Å². The topological polar surface area (TPSA) is 137 Å². The molecule has 2 aromatic carbocycles. The Bertz CT molecular complexity index is 1780. The van der Waals surface area contributed by atoms with E-state index in [1.807, 2.05) is 46.8 Å². The first-order chi connectivity index (χ1) is 19.8. The van der Waals surface area contributed by atoms with E-state index >= 15 is 0 Å². The predicted octanol–water partition coefficient (Wildman–Crippen LogP) is 5.59. The number of pyridine rings is 2. The molecule has 2 heterocycles. The summed E-state index contributed by atoms with van der Waals surface area (Å²) in [5.74, 6) is 0.655. The van der Waals surface area contributed by atoms with E-state index in [2.05, 4.69) is 20.3 Å². The van der Waals surface area contributed by atoms with Crippen molar-refractivity contribution in [3.8, 4) is 11.5 Å². The second-order valence-corrected chi connectivity index (χ2v) is 13.0. The summed E-state index contributed by atoms with van der Waals surface area (Å²) in [5.41, 5.74) is 9.42. The quantitative estimate of drug-likeness (QED) is 0.244. The van der Waals surface area contributed by atoms with E-state index in [0.29, 0.717) is 33.7 Å². The fourth-order valence-electron chi connectivity index (χ4n) is 4.09. The number of allylic oxidation sites excluding steroid dienone is 1. The van der Waals surface area contributed by atoms with Crippen LogP contribution < -0.4 is 15.8 Å². The van der Waals surface area contributed by atoms with Gasteiger partial charge in [-0.2, -0.15) is 0 Å². The number of amides is 1. The molecule has 3 N–H and O–H groups in total. The minimum Gasteiger partial charge on any atom is -0.456 e. The summed E-state index contributed by atoms with van der Waals surface area (Å²) in [7, 11) is -3.64. The Labute approximate surface area is 248 Å². The summed E-state index contributed by atoms with van der Waals surface area (Å²) in [4.78, 5) is 25.7. The van der Waals surface area contributed by atoms with Crippen molar-refractivity contribution >= 4 is 32.9 Å². The van der Waals surface area contributed by atoms with Gasteiger partial charge in [0, 0.05) is 37.3 Å². The molecule has 10 heteroatoms. The molecule has 0 atom stereocenters. The molecule has 0 spiro atoms. The summed E-state index contributed by atoms with van der Waals surface area (Å²) in [6.07, 6.45) is 6.19. The van der Waals surface area contributed by atoms with Crippen LogP contribution in [0.15, 0.2) is 88.8 Å². The molecule has 9 nitrogen and oxygen atoms in total. The molecule has 0 saturated heterocycles. The highest BCUT2D eigenvalue weighted by atomic mass is 32.2. The van der Waals surface area contributed by atoms with Gasteiger partial charge in [0.2, 0.25) is 5.91 Å². The second kappa shape index (κ2) is 12.5. The number of benzene rings is 2. The third-order valence-corrected chi connectivity index (χ3v) is 7.93. The number of hydrogen-bond donors (Lipinski definition) is 2. The maximum atomic E-state index is 13.2. The smallest absolute Gasteiger partial charge is 0.228 e. The molecular formula is C32H37N5O4S. The van der Waals surface area contributed by atoms with Crippen LogP contribution >= 0.6 is 0 Å². The van der Waals surface area contributed by atoms with Gasteiger partial charge in [0.1, 0.15) is 11.5 Å². The summed E-state index contributed by atoms with van der Waals surface area (Å²) >= 11 is 0. The summed E-state index contributed by atoms with van der Waals surface area (Å²) in [5, 5.41) is 3.34. The first-order valence-corrected chi connectivity index (χ1v) is 15.1. The highest BCUT2D eigenvalue weighted by molar-refractivity contribution is 7.90. The van der Waals surface area contributed by atoms with E-state index in [9.17, 15) is 13.2 Å². The van der Waals surface area contributed by atoms with Gasteiger partial charge in [0.15, 0.2) is 9.84 Å². The number of hydrogen-bond acceptors (Lipinski definition) is 8. The van der Waals surface area contributed by atoms with Crippen molar-refractivity contribution in [2.75, 3.05) is 0 Å². The first kappa shape index (κ1) is 30.4. The number of sulfone groups is 1. The zero-order valence-electron chi connectivity index (χ0n) is 24.4. The molecule has 1 amide bonds. The Balaban J connectivity index is 0.00000506. The van der Waals surface area contributed by atoms with Gasteiger partial charge < -0.3 is 15.8 Å². The van der Waals surface area contributed by atoms with Crippen molar-refractivity contribution in [3.63, 3.8) is 0 Å². The van der Waals surface area contributed by atoms with Gasteiger partial charge >= 0.3 is 0 Å². The summed E-state index contributed by atoms with van der Waals surface area (Å²) in [6.45, 7) is 9.58. The lowest BCUT2D eigenvalue weighted by Crippen LogP contribution is -2.26. The van der Waals surface area contributed by atoms with Crippen LogP contribution in [-0.4, -0.2) is 36.0 Å². The Morgan fingerprint density at radius 1 is 1.02 bits per heavy atom. The van der Waals surface area contributed by atoms with Crippen LogP contribution in [0.4, 0.5) is 0 Å². The molecule has 0 bridgehead atoms. The van der Waals surface area contributed by atoms with Crippen LogP contribution in [0.3, 0.4) is 0 Å². The van der Waals surface area contributed by atoms with Gasteiger partial charge in [-0.25, -0.2) is 8.42 Å². The van der Waals surface area contributed by atoms with E-state index in [0.717, 1.165) is 16.8 Å². The number of carbonyl (C=O) groups is 1. The van der Waals surface area contributed by atoms with Crippen LogP contribution in [0.1, 0.15) is 44.6 Å². The molecule has 4 rings (SSSR count). The lowest BCUT2D eigenvalue weighted by molar-refractivity contribution is -0.119. The largest absolute Gasteiger partial charge is 0.456 e. The van der Waals surface area contributed by atoms with E-state index in [4.69, 9.17) is 10.5 Å². The molecule has 220 valence electrons. The molecule has 0 fully saturated rings. The standard InChI is InChI=1S/C32H35N5O4S.H2/c1-21-14-23(15-31(38)37-25(17-33)19-36-32(3,4)5)8-11-29(21)41-30-12-13-34-28-10-9-26(16-27(28)30)42(39,40)20-24-7-6-22(2)35-18-24;/h6-14,16-19H,15,20,33H2,1-5H3,(H,37,38);1H/b25-17+,36-19?;. The molecule has 42 heavy (non-hydrogen) atoms. The highest BCUT2D eigenvalue weighted by Crippen LogP contribution is 2.33. The van der Waals surface area contributed by atoms with Crippen molar-refractivity contribution in [2.45, 2.75) is 57.2 Å². The van der Waals surface area contributed by atoms with E-state index in [-0.39, 0.29) is 29.9 Å². The fourth-order valence-corrected chi connectivity index (χ4v) is 5.44. The number of nitrogens with one attached hydrogen (secondary N) is 1. The lowest BCUT2D eigenvalue weighted by atomic mass is 10.1. The van der Waals surface area contributed by atoms with Gasteiger partial charge in [-0.1, -0.05) is 18.2 Å². The Hall–Kier alpha value is -4.57. The van der Waals surface area contributed by atoms with Gasteiger partial charge in [-0.3, -0.25) is 19.8 Å². The predicted molar refractivity (Wildman–Crippen MR) is 167 cm³/mol. The normalized spacial score (nSPS) is 12.5. The lowest BCUT2D eigenvalue weighted by Gasteiger charge is -2.14. The Kier molecular flexibility index (Phi) is 9.06. The summed E-state index contributed by atoms with van der Waals surface area (Å²) < 4.78 is 32.7. The number of fused-ring (bicyclic) bond motifs is 1. The molecule has 0 unspecified atom stereocenters. The van der Waals surface area contributed by atoms with Crippen molar-refractivity contribution in [2.24, 2.45) is 10.7 Å². The summed E-state index contributed by atoms with van der Waals surface area (Å²) in [6, 6.07) is 15.5. The number of aryl methyl sites for hydroxylation is 2. The van der Waals surface area contributed by atoms with Crippen molar-refractivity contribution in [1.29, 1.82) is 0 Å². The van der Waals surface area contributed by atoms with Crippen LogP contribution in [0.25, 0.3) is 10.9 Å². The number of rotatable bonds is 9. The van der Waals surface area contributed by atoms with Gasteiger partial charge in [0.25, 0.3) is 0 Å². The maximum absolute atomic E-state index is 13.2. The number of aliphatic imine (C=N–C) groups is 1. The highest BCUT2D eigenvalue weighted by Gasteiger charge is 2.18. The van der Waals surface area contributed by atoms with Crippen molar-refractivity contribution < 1.29 is 19.4 Å². The first-order valence-electron chi connectivity index (χ1n) is 13.4. The number of aromatic nitrogens is 2. The Morgan fingerprint density at radius 2 is 1.79 bits per heavy atom. The average Bonchev–Trinajstić information content (AvgIpc) is 2.93. The van der Waals surface area contributed by atoms with E-state index < -0.39 is 9.84 Å². The Morgan fingerprint density at radius 3 is 2.45 bits per heavy atom. The zero-order valence-corrected chi connectivity index (χ0v) is 25.2. The number of carbonyl (C=O) groups excluding carboxylic acids is 1. The fraction of sp³-hybridized carbons (Fsp3) is 0.250. The minimum atomic E-state index is -3.64. The molecule has 0 saturated carbocycles. The molecular weight excluding hydrogens is 550 g/mol. The maximum Gasteiger partial charge on any atom is 0.228 e. The molecule has 2 aromatic heterocycles. The van der Waals surface area contributed by atoms with Crippen molar-refractivity contribution in [1.82, 2.24) is 15.3 Å². The third-order valence-electron chi connectivity index (χ3n) is 6.24.